The molecule has 1 aliphatic rings. The predicted octanol–water partition coefficient (Wildman–Crippen LogP) is 4.91. The lowest BCUT2D eigenvalue weighted by atomic mass is 10.1. The van der Waals surface area contributed by atoms with Gasteiger partial charge < -0.3 is 4.57 Å². The summed E-state index contributed by atoms with van der Waals surface area (Å²) >= 11 is 8.19. The molecule has 0 saturated carbocycles. The molecule has 2 aromatic carbocycles. The largest absolute Gasteiger partial charge is 0.330 e. The number of para-hydroxylation sites is 1. The fourth-order valence-electron chi connectivity index (χ4n) is 3.74. The van der Waals surface area contributed by atoms with Crippen LogP contribution in [0.2, 0.25) is 5.02 Å². The second-order valence-corrected chi connectivity index (χ2v) is 8.43. The molecule has 3 heterocycles. The highest BCUT2D eigenvalue weighted by Crippen LogP contribution is 2.31. The number of fused-ring (bicyclic) bond motifs is 2. The monoisotopic (exact) mass is 394 g/mol. The lowest BCUT2D eigenvalue weighted by Crippen LogP contribution is -2.31. The highest BCUT2D eigenvalue weighted by atomic mass is 35.5. The number of nitrogens with zero attached hydrogens (tertiary/aromatic N) is 4. The first-order valence-corrected chi connectivity index (χ1v) is 10.2. The van der Waals surface area contributed by atoms with Crippen molar-refractivity contribution in [2.24, 2.45) is 7.05 Å². The average molecular weight is 395 g/mol. The maximum absolute atomic E-state index is 6.40. The first-order valence-electron chi connectivity index (χ1n) is 9.05. The number of halogens is 1. The van der Waals surface area contributed by atoms with Gasteiger partial charge in [0.2, 0.25) is 0 Å². The third-order valence-corrected chi connectivity index (χ3v) is 6.50. The van der Waals surface area contributed by atoms with E-state index in [1.807, 2.05) is 30.3 Å². The van der Waals surface area contributed by atoms with Crippen molar-refractivity contribution in [1.82, 2.24) is 19.4 Å². The van der Waals surface area contributed by atoms with Crippen LogP contribution < -0.4 is 0 Å². The van der Waals surface area contributed by atoms with Crippen molar-refractivity contribution in [2.75, 3.05) is 6.54 Å². The van der Waals surface area contributed by atoms with Crippen molar-refractivity contribution in [1.29, 1.82) is 0 Å². The molecule has 0 N–H and O–H groups in total. The minimum absolute atomic E-state index is 0.745. The third-order valence-electron chi connectivity index (χ3n) is 5.15. The van der Waals surface area contributed by atoms with E-state index >= 15 is 0 Å². The Kier molecular flexibility index (Phi) is 4.23. The second-order valence-electron chi connectivity index (χ2n) is 6.90. The molecule has 1 aliphatic heterocycles. The van der Waals surface area contributed by atoms with Gasteiger partial charge in [-0.3, -0.25) is 4.90 Å². The molecule has 136 valence electrons. The van der Waals surface area contributed by atoms with Crippen LogP contribution in [0.5, 0.6) is 0 Å². The van der Waals surface area contributed by atoms with E-state index in [9.17, 15) is 0 Å². The highest BCUT2D eigenvalue weighted by molar-refractivity contribution is 7.18. The van der Waals surface area contributed by atoms with Crippen molar-refractivity contribution in [3.8, 4) is 11.4 Å². The van der Waals surface area contributed by atoms with Crippen LogP contribution in [0.3, 0.4) is 0 Å². The number of thiazole rings is 1. The lowest BCUT2D eigenvalue weighted by molar-refractivity contribution is 0.238. The summed E-state index contributed by atoms with van der Waals surface area (Å²) in [6.07, 6.45) is 0.957. The van der Waals surface area contributed by atoms with E-state index in [2.05, 4.69) is 34.7 Å². The van der Waals surface area contributed by atoms with Crippen molar-refractivity contribution in [3.63, 3.8) is 0 Å². The van der Waals surface area contributed by atoms with Crippen molar-refractivity contribution in [2.45, 2.75) is 19.5 Å². The Morgan fingerprint density at radius 1 is 1.07 bits per heavy atom. The van der Waals surface area contributed by atoms with Crippen LogP contribution >= 0.6 is 22.9 Å². The summed E-state index contributed by atoms with van der Waals surface area (Å²) in [6.45, 7) is 2.77. The predicted molar refractivity (Wildman–Crippen MR) is 111 cm³/mol. The molecule has 0 atom stereocenters. The zero-order chi connectivity index (χ0) is 18.4. The first kappa shape index (κ1) is 16.9. The molecule has 0 saturated heterocycles. The molecule has 2 aromatic heterocycles. The van der Waals surface area contributed by atoms with Gasteiger partial charge in [0.05, 0.1) is 33.2 Å². The first-order chi connectivity index (χ1) is 13.2. The van der Waals surface area contributed by atoms with Gasteiger partial charge in [-0.05, 0) is 24.3 Å². The Morgan fingerprint density at radius 3 is 2.74 bits per heavy atom. The maximum Gasteiger partial charge on any atom is 0.141 e. The van der Waals surface area contributed by atoms with Crippen LogP contribution in [0.1, 0.15) is 16.4 Å². The Balaban J connectivity index is 1.42. The third kappa shape index (κ3) is 3.06. The van der Waals surface area contributed by atoms with Crippen LogP contribution in [-0.4, -0.2) is 26.0 Å². The fourth-order valence-corrected chi connectivity index (χ4v) is 4.97. The molecule has 0 bridgehead atoms. The van der Waals surface area contributed by atoms with Crippen LogP contribution in [-0.2, 0) is 26.6 Å². The topological polar surface area (TPSA) is 34.0 Å². The van der Waals surface area contributed by atoms with Crippen LogP contribution in [0.15, 0.2) is 48.5 Å². The van der Waals surface area contributed by atoms with E-state index in [1.54, 1.807) is 11.3 Å². The zero-order valence-corrected chi connectivity index (χ0v) is 16.6. The standard InChI is InChI=1S/C21H19ClN4S/c1-25-18-12-26(13-20-23-17-8-4-5-9-19(17)27-20)11-10-16(18)24-21(25)14-6-2-3-7-15(14)22/h2-9H,10-13H2,1H3. The Labute approximate surface area is 167 Å². The van der Waals surface area contributed by atoms with Crippen LogP contribution in [0.4, 0.5) is 0 Å². The lowest BCUT2D eigenvalue weighted by Gasteiger charge is -2.26. The zero-order valence-electron chi connectivity index (χ0n) is 15.0. The van der Waals surface area contributed by atoms with Gasteiger partial charge in [-0.1, -0.05) is 35.9 Å². The van der Waals surface area contributed by atoms with E-state index in [0.717, 1.165) is 48.0 Å². The molecular formula is C21H19ClN4S. The van der Waals surface area contributed by atoms with E-state index in [1.165, 1.54) is 21.1 Å². The number of hydrogen-bond donors (Lipinski definition) is 0. The molecule has 27 heavy (non-hydrogen) atoms. The van der Waals surface area contributed by atoms with Crippen molar-refractivity contribution in [3.05, 3.63) is 69.9 Å². The molecule has 5 rings (SSSR count). The summed E-state index contributed by atoms with van der Waals surface area (Å²) in [7, 11) is 2.09. The van der Waals surface area contributed by atoms with Gasteiger partial charge in [0, 0.05) is 32.1 Å². The van der Waals surface area contributed by atoms with E-state index in [0.29, 0.717) is 0 Å². The van der Waals surface area contributed by atoms with Gasteiger partial charge in [-0.25, -0.2) is 9.97 Å². The molecular weight excluding hydrogens is 376 g/mol. The molecule has 0 unspecified atom stereocenters. The summed E-state index contributed by atoms with van der Waals surface area (Å²) in [5, 5.41) is 1.92. The molecule has 4 nitrogen and oxygen atoms in total. The minimum Gasteiger partial charge on any atom is -0.330 e. The molecule has 0 spiro atoms. The number of benzene rings is 2. The average Bonchev–Trinajstić information content (AvgIpc) is 3.23. The Bertz CT molecular complexity index is 1100. The summed E-state index contributed by atoms with van der Waals surface area (Å²) in [5.41, 5.74) is 4.55. The number of hydrogen-bond acceptors (Lipinski definition) is 4. The normalized spacial score (nSPS) is 14.6. The highest BCUT2D eigenvalue weighted by Gasteiger charge is 2.24. The van der Waals surface area contributed by atoms with Gasteiger partial charge in [0.25, 0.3) is 0 Å². The molecule has 6 heteroatoms. The van der Waals surface area contributed by atoms with Crippen molar-refractivity contribution < 1.29 is 0 Å². The van der Waals surface area contributed by atoms with E-state index in [-0.39, 0.29) is 0 Å². The Morgan fingerprint density at radius 2 is 1.89 bits per heavy atom. The SMILES string of the molecule is Cn1c(-c2ccccc2Cl)nc2c1CN(Cc1nc3ccccc3s1)CC2. The van der Waals surface area contributed by atoms with Crippen LogP contribution in [0.25, 0.3) is 21.6 Å². The van der Waals surface area contributed by atoms with Gasteiger partial charge >= 0.3 is 0 Å². The van der Waals surface area contributed by atoms with E-state index in [4.69, 9.17) is 21.6 Å². The number of aromatic nitrogens is 3. The van der Waals surface area contributed by atoms with Crippen molar-refractivity contribution >= 4 is 33.2 Å². The van der Waals surface area contributed by atoms with Crippen LogP contribution in [0, 0.1) is 0 Å². The Hall–Kier alpha value is -2.21. The molecule has 0 fully saturated rings. The molecule has 0 radical (unpaired) electrons. The van der Waals surface area contributed by atoms with Gasteiger partial charge in [-0.2, -0.15) is 0 Å². The summed E-state index contributed by atoms with van der Waals surface area (Å²) < 4.78 is 3.45. The molecule has 4 aromatic rings. The van der Waals surface area contributed by atoms with E-state index < -0.39 is 0 Å². The maximum atomic E-state index is 6.40. The summed E-state index contributed by atoms with van der Waals surface area (Å²) in [4.78, 5) is 12.1. The summed E-state index contributed by atoms with van der Waals surface area (Å²) in [6, 6.07) is 16.3. The second kappa shape index (κ2) is 6.75. The smallest absolute Gasteiger partial charge is 0.141 e. The molecule has 0 amide bonds. The molecule has 0 aliphatic carbocycles. The quantitative estimate of drug-likeness (QED) is 0.495. The van der Waals surface area contributed by atoms with Gasteiger partial charge in [-0.15, -0.1) is 11.3 Å². The minimum atomic E-state index is 0.745. The summed E-state index contributed by atoms with van der Waals surface area (Å²) in [5.74, 6) is 0.951. The fraction of sp³-hybridized carbons (Fsp3) is 0.238. The number of rotatable bonds is 3. The van der Waals surface area contributed by atoms with Gasteiger partial charge in [0.15, 0.2) is 0 Å². The number of imidazole rings is 1. The van der Waals surface area contributed by atoms with Gasteiger partial charge in [0.1, 0.15) is 10.8 Å².